The largest absolute Gasteiger partial charge is 0.453 e. The first-order chi connectivity index (χ1) is 29.4. The summed E-state index contributed by atoms with van der Waals surface area (Å²) in [6.45, 7) is 12.2. The molecule has 4 fully saturated rings. The van der Waals surface area contributed by atoms with Crippen molar-refractivity contribution in [1.29, 1.82) is 0 Å². The van der Waals surface area contributed by atoms with Crippen LogP contribution in [0.2, 0.25) is 0 Å². The quantitative estimate of drug-likeness (QED) is 0.153. The van der Waals surface area contributed by atoms with Gasteiger partial charge in [0.25, 0.3) is 0 Å². The van der Waals surface area contributed by atoms with Crippen molar-refractivity contribution in [2.24, 2.45) is 29.1 Å². The number of benzene rings is 2. The molecule has 3 saturated heterocycles. The lowest BCUT2D eigenvalue weighted by Crippen LogP contribution is -2.51. The maximum absolute atomic E-state index is 14.2. The number of aryl methyl sites for hydroxylation is 2. The highest BCUT2D eigenvalue weighted by Crippen LogP contribution is 2.49. The van der Waals surface area contributed by atoms with Gasteiger partial charge in [0.2, 0.25) is 11.8 Å². The van der Waals surface area contributed by atoms with Gasteiger partial charge in [-0.25, -0.2) is 14.8 Å². The molecular formula is C49H63N7O5. The number of amides is 3. The number of imidazole rings is 2. The number of nitrogens with zero attached hydrogens (tertiary/aromatic N) is 4. The number of ether oxygens (including phenoxy) is 2. The van der Waals surface area contributed by atoms with E-state index in [0.717, 1.165) is 97.0 Å². The molecule has 9 rings (SSSR count). The number of hydrogen-bond acceptors (Lipinski definition) is 7. The molecule has 2 aliphatic carbocycles. The van der Waals surface area contributed by atoms with Gasteiger partial charge in [0, 0.05) is 47.9 Å². The Morgan fingerprint density at radius 2 is 1.66 bits per heavy atom. The fourth-order valence-corrected chi connectivity index (χ4v) is 11.1. The van der Waals surface area contributed by atoms with E-state index in [-0.39, 0.29) is 41.1 Å². The molecular weight excluding hydrogens is 767 g/mol. The number of fused-ring (bicyclic) bond motifs is 4. The lowest BCUT2D eigenvalue weighted by Gasteiger charge is -2.36. The number of alkyl carbamates (subject to hydrolysis) is 1. The summed E-state index contributed by atoms with van der Waals surface area (Å²) in [6.07, 6.45) is 11.5. The summed E-state index contributed by atoms with van der Waals surface area (Å²) in [7, 11) is 1.31. The minimum absolute atomic E-state index is 0.00882. The Kier molecular flexibility index (Phi) is 11.3. The Balaban J connectivity index is 0.932. The minimum Gasteiger partial charge on any atom is -0.453 e. The molecule has 4 aromatic rings. The summed E-state index contributed by atoms with van der Waals surface area (Å²) in [5.41, 5.74) is 8.67. The first-order valence-electron chi connectivity index (χ1n) is 22.9. The van der Waals surface area contributed by atoms with Crippen LogP contribution in [-0.4, -0.2) is 86.6 Å². The maximum atomic E-state index is 14.2. The van der Waals surface area contributed by atoms with Crippen LogP contribution in [-0.2, 0) is 31.9 Å². The molecule has 2 aromatic carbocycles. The van der Waals surface area contributed by atoms with E-state index >= 15 is 0 Å². The molecule has 12 nitrogen and oxygen atoms in total. The van der Waals surface area contributed by atoms with Crippen LogP contribution in [0.5, 0.6) is 0 Å². The normalized spacial score (nSPS) is 25.6. The van der Waals surface area contributed by atoms with Gasteiger partial charge in [-0.05, 0) is 85.8 Å². The van der Waals surface area contributed by atoms with Crippen molar-refractivity contribution in [2.75, 3.05) is 26.9 Å². The highest BCUT2D eigenvalue weighted by Gasteiger charge is 2.50. The van der Waals surface area contributed by atoms with E-state index in [1.807, 2.05) is 24.9 Å². The van der Waals surface area contributed by atoms with Gasteiger partial charge in [0.1, 0.15) is 17.7 Å². The molecule has 0 radical (unpaired) electrons. The number of rotatable bonds is 9. The monoisotopic (exact) mass is 829 g/mol. The first-order valence-corrected chi connectivity index (χ1v) is 22.9. The SMILES string of the molecule is COC(=O)N[C@H](C(=O)N1C[C@]2(CCCOC2)C[C@H]1c1nc(-c2ccc(-c3ccc4c(c3)CCc3nc([C@@H]5C[C@@H]6CCCC[C@@H]6N5C(=O)[C@@H](C)C(C)C)[nH]c3-4)cc2)c[nH]1)C(C)C. The van der Waals surface area contributed by atoms with Crippen LogP contribution < -0.4 is 5.32 Å². The van der Waals surface area contributed by atoms with E-state index in [9.17, 15) is 14.4 Å². The topological polar surface area (TPSA) is 146 Å². The zero-order valence-corrected chi connectivity index (χ0v) is 36.8. The summed E-state index contributed by atoms with van der Waals surface area (Å²) in [6, 6.07) is 14.6. The molecule has 5 aliphatic rings. The average molecular weight is 830 g/mol. The van der Waals surface area contributed by atoms with E-state index in [2.05, 4.69) is 83.4 Å². The Bertz CT molecular complexity index is 2250. The number of carbonyl (C=O) groups is 3. The highest BCUT2D eigenvalue weighted by molar-refractivity contribution is 5.86. The predicted molar refractivity (Wildman–Crippen MR) is 234 cm³/mol. The molecule has 3 N–H and O–H groups in total. The van der Waals surface area contributed by atoms with E-state index < -0.39 is 12.1 Å². The molecule has 61 heavy (non-hydrogen) atoms. The summed E-state index contributed by atoms with van der Waals surface area (Å²) in [5, 5.41) is 2.78. The second kappa shape index (κ2) is 16.7. The van der Waals surface area contributed by atoms with E-state index in [1.54, 1.807) is 0 Å². The average Bonchev–Trinajstić information content (AvgIpc) is 4.09. The molecule has 3 amide bonds. The van der Waals surface area contributed by atoms with Crippen LogP contribution in [0.15, 0.2) is 48.7 Å². The molecule has 1 saturated carbocycles. The molecule has 12 heteroatoms. The van der Waals surface area contributed by atoms with Crippen LogP contribution in [0.1, 0.15) is 121 Å². The van der Waals surface area contributed by atoms with Crippen LogP contribution in [0.3, 0.4) is 0 Å². The van der Waals surface area contributed by atoms with Crippen LogP contribution in [0, 0.1) is 29.1 Å². The third kappa shape index (κ3) is 7.78. The second-order valence-corrected chi connectivity index (χ2v) is 19.4. The van der Waals surface area contributed by atoms with Crippen molar-refractivity contribution in [3.63, 3.8) is 0 Å². The van der Waals surface area contributed by atoms with Crippen LogP contribution >= 0.6 is 0 Å². The summed E-state index contributed by atoms with van der Waals surface area (Å²) >= 11 is 0. The van der Waals surface area contributed by atoms with E-state index in [4.69, 9.17) is 19.4 Å². The number of carbonyl (C=O) groups excluding carboxylic acids is 3. The Morgan fingerprint density at radius 3 is 2.39 bits per heavy atom. The Labute approximate surface area is 360 Å². The van der Waals surface area contributed by atoms with Gasteiger partial charge in [-0.3, -0.25) is 9.59 Å². The second-order valence-electron chi connectivity index (χ2n) is 19.4. The van der Waals surface area contributed by atoms with Crippen molar-refractivity contribution in [1.82, 2.24) is 35.1 Å². The predicted octanol–water partition coefficient (Wildman–Crippen LogP) is 8.81. The molecule has 1 spiro atoms. The van der Waals surface area contributed by atoms with Gasteiger partial charge in [0.05, 0.1) is 42.9 Å². The fourth-order valence-electron chi connectivity index (χ4n) is 11.1. The number of likely N-dealkylation sites (tertiary alicyclic amines) is 2. The smallest absolute Gasteiger partial charge is 0.407 e. The molecule has 3 aliphatic heterocycles. The van der Waals surface area contributed by atoms with Gasteiger partial charge in [-0.1, -0.05) is 89.9 Å². The standard InChI is InChI=1S/C49H63N7O5/c1-28(2)30(5)46(57)56-39-11-8-7-10-35(39)23-40(56)45-51-37-19-17-34-22-33(16-18-36(34)43(37)53-45)31-12-14-32(15-13-31)38-25-50-44(52-38)41-24-49(20-9-21-61-27-49)26-55(41)47(58)42(29(3)4)54-48(59)60-6/h12-16,18,22,25,28-30,35,39-42H,7-11,17,19-21,23-24,26-27H2,1-6H3,(H,50,52)(H,51,53)(H,54,59)/t30-,35-,39-,40-,41-,42-,49-/m0/s1. The number of methoxy groups -OCH3 is 1. The van der Waals surface area contributed by atoms with E-state index in [0.29, 0.717) is 31.0 Å². The Hall–Kier alpha value is -4.97. The molecule has 2 aromatic heterocycles. The fraction of sp³-hybridized carbons (Fsp3) is 0.571. The minimum atomic E-state index is -0.721. The molecule has 5 heterocycles. The third-order valence-electron chi connectivity index (χ3n) is 14.9. The van der Waals surface area contributed by atoms with Crippen LogP contribution in [0.4, 0.5) is 4.79 Å². The van der Waals surface area contributed by atoms with Crippen molar-refractivity contribution in [3.8, 4) is 33.6 Å². The number of aromatic nitrogens is 4. The van der Waals surface area contributed by atoms with Crippen LogP contribution in [0.25, 0.3) is 33.6 Å². The van der Waals surface area contributed by atoms with Crippen molar-refractivity contribution >= 4 is 17.9 Å². The molecule has 324 valence electrons. The third-order valence-corrected chi connectivity index (χ3v) is 14.9. The number of hydrogen-bond donors (Lipinski definition) is 3. The zero-order chi connectivity index (χ0) is 42.6. The number of aromatic amines is 2. The van der Waals surface area contributed by atoms with Crippen molar-refractivity contribution in [3.05, 3.63) is 71.6 Å². The Morgan fingerprint density at radius 1 is 0.885 bits per heavy atom. The van der Waals surface area contributed by atoms with Gasteiger partial charge in [0.15, 0.2) is 0 Å². The van der Waals surface area contributed by atoms with Gasteiger partial charge in [-0.15, -0.1) is 0 Å². The molecule has 7 atom stereocenters. The maximum Gasteiger partial charge on any atom is 0.407 e. The van der Waals surface area contributed by atoms with Gasteiger partial charge >= 0.3 is 6.09 Å². The lowest BCUT2D eigenvalue weighted by atomic mass is 9.80. The highest BCUT2D eigenvalue weighted by atomic mass is 16.5. The van der Waals surface area contributed by atoms with Crippen molar-refractivity contribution in [2.45, 2.75) is 123 Å². The molecule has 0 bridgehead atoms. The van der Waals surface area contributed by atoms with Gasteiger partial charge in [-0.2, -0.15) is 0 Å². The summed E-state index contributed by atoms with van der Waals surface area (Å²) in [4.78, 5) is 62.1. The number of H-pyrrole nitrogens is 2. The van der Waals surface area contributed by atoms with Crippen molar-refractivity contribution < 1.29 is 23.9 Å². The first kappa shape index (κ1) is 41.4. The lowest BCUT2D eigenvalue weighted by molar-refractivity contribution is -0.140. The zero-order valence-electron chi connectivity index (χ0n) is 36.8. The number of nitrogens with one attached hydrogen (secondary N) is 3. The molecule has 0 unspecified atom stereocenters. The van der Waals surface area contributed by atoms with Gasteiger partial charge < -0.3 is 34.6 Å². The van der Waals surface area contributed by atoms with E-state index in [1.165, 1.54) is 37.5 Å². The summed E-state index contributed by atoms with van der Waals surface area (Å²) in [5.74, 6) is 2.57. The summed E-state index contributed by atoms with van der Waals surface area (Å²) < 4.78 is 10.8.